The molecule has 5 nitrogen and oxygen atoms in total. The molecule has 1 aromatic carbocycles. The van der Waals surface area contributed by atoms with Gasteiger partial charge in [-0.1, -0.05) is 13.3 Å². The monoisotopic (exact) mass is 289 g/mol. The van der Waals surface area contributed by atoms with Crippen LogP contribution in [0.5, 0.6) is 0 Å². The second kappa shape index (κ2) is 6.12. The molecule has 0 fully saturated rings. The zero-order valence-corrected chi connectivity index (χ0v) is 11.6. The zero-order valence-electron chi connectivity index (χ0n) is 10.8. The Balaban J connectivity index is 3.15. The number of benzene rings is 1. The van der Waals surface area contributed by atoms with Crippen LogP contribution in [0.3, 0.4) is 0 Å². The summed E-state index contributed by atoms with van der Waals surface area (Å²) in [4.78, 5) is 11.3. The molecule has 0 heterocycles. The summed E-state index contributed by atoms with van der Waals surface area (Å²) >= 11 is 0. The van der Waals surface area contributed by atoms with E-state index in [9.17, 15) is 17.6 Å². The summed E-state index contributed by atoms with van der Waals surface area (Å²) in [5, 5.41) is 4.97. The lowest BCUT2D eigenvalue weighted by molar-refractivity contribution is 0.0498. The fourth-order valence-electron chi connectivity index (χ4n) is 1.55. The lowest BCUT2D eigenvalue weighted by atomic mass is 10.1. The SMILES string of the molecule is CCCCOC(=O)c1cc(F)cc(S(N)(=O)=O)c1C. The second-order valence-corrected chi connectivity index (χ2v) is 5.64. The van der Waals surface area contributed by atoms with Gasteiger partial charge in [-0.05, 0) is 31.0 Å². The van der Waals surface area contributed by atoms with Crippen LogP contribution < -0.4 is 5.14 Å². The molecule has 0 bridgehead atoms. The third-order valence-electron chi connectivity index (χ3n) is 2.58. The quantitative estimate of drug-likeness (QED) is 0.660. The highest BCUT2D eigenvalue weighted by Crippen LogP contribution is 2.20. The van der Waals surface area contributed by atoms with Crippen LogP contribution in [0, 0.1) is 12.7 Å². The van der Waals surface area contributed by atoms with Crippen molar-refractivity contribution in [3.05, 3.63) is 29.1 Å². The molecule has 0 aliphatic rings. The summed E-state index contributed by atoms with van der Waals surface area (Å²) in [6.45, 7) is 3.52. The number of ether oxygens (including phenoxy) is 1. The molecule has 0 aromatic heterocycles. The molecule has 2 N–H and O–H groups in total. The Morgan fingerprint density at radius 2 is 2.05 bits per heavy atom. The van der Waals surface area contributed by atoms with Crippen LogP contribution in [0.2, 0.25) is 0 Å². The number of halogens is 1. The number of carbonyl (C=O) groups excluding carboxylic acids is 1. The predicted molar refractivity (Wildman–Crippen MR) is 67.7 cm³/mol. The van der Waals surface area contributed by atoms with Crippen LogP contribution in [0.4, 0.5) is 4.39 Å². The Labute approximate surface area is 111 Å². The van der Waals surface area contributed by atoms with Crippen molar-refractivity contribution in [3.8, 4) is 0 Å². The summed E-state index contributed by atoms with van der Waals surface area (Å²) in [7, 11) is -4.08. The van der Waals surface area contributed by atoms with Gasteiger partial charge in [0.05, 0.1) is 17.1 Å². The van der Waals surface area contributed by atoms with Gasteiger partial charge in [-0.25, -0.2) is 22.7 Å². The van der Waals surface area contributed by atoms with Crippen molar-refractivity contribution in [3.63, 3.8) is 0 Å². The molecule has 0 aliphatic heterocycles. The van der Waals surface area contributed by atoms with Crippen molar-refractivity contribution in [1.29, 1.82) is 0 Å². The largest absolute Gasteiger partial charge is 0.462 e. The van der Waals surface area contributed by atoms with Crippen molar-refractivity contribution in [1.82, 2.24) is 0 Å². The molecule has 0 aliphatic carbocycles. The van der Waals surface area contributed by atoms with E-state index in [1.165, 1.54) is 6.92 Å². The van der Waals surface area contributed by atoms with Gasteiger partial charge in [0.2, 0.25) is 10.0 Å². The molecule has 0 spiro atoms. The summed E-state index contributed by atoms with van der Waals surface area (Å²) < 4.78 is 40.9. The summed E-state index contributed by atoms with van der Waals surface area (Å²) in [5.41, 5.74) is -0.0365. The van der Waals surface area contributed by atoms with Crippen LogP contribution in [-0.2, 0) is 14.8 Å². The van der Waals surface area contributed by atoms with Gasteiger partial charge in [-0.15, -0.1) is 0 Å². The van der Waals surface area contributed by atoms with Crippen LogP contribution in [-0.4, -0.2) is 21.0 Å². The van der Waals surface area contributed by atoms with Gasteiger partial charge >= 0.3 is 5.97 Å². The lowest BCUT2D eigenvalue weighted by Gasteiger charge is -2.10. The first kappa shape index (κ1) is 15.6. The summed E-state index contributed by atoms with van der Waals surface area (Å²) in [5.74, 6) is -1.60. The Morgan fingerprint density at radius 3 is 2.58 bits per heavy atom. The van der Waals surface area contributed by atoms with Crippen molar-refractivity contribution in [2.24, 2.45) is 5.14 Å². The Bertz CT molecular complexity index is 584. The number of hydrogen-bond acceptors (Lipinski definition) is 4. The number of carbonyl (C=O) groups is 1. The number of sulfonamides is 1. The van der Waals surface area contributed by atoms with Gasteiger partial charge in [0, 0.05) is 0 Å². The molecular formula is C12H16FNO4S. The average molecular weight is 289 g/mol. The standard InChI is InChI=1S/C12H16FNO4S/c1-3-4-5-18-12(15)10-6-9(13)7-11(8(10)2)19(14,16)17/h6-7H,3-5H2,1-2H3,(H2,14,16,17). The highest BCUT2D eigenvalue weighted by Gasteiger charge is 2.20. The van der Waals surface area contributed by atoms with E-state index in [2.05, 4.69) is 0 Å². The molecule has 0 radical (unpaired) electrons. The normalized spacial score (nSPS) is 11.4. The van der Waals surface area contributed by atoms with E-state index < -0.39 is 26.7 Å². The molecule has 7 heteroatoms. The van der Waals surface area contributed by atoms with E-state index >= 15 is 0 Å². The second-order valence-electron chi connectivity index (χ2n) is 4.11. The molecule has 0 saturated carbocycles. The van der Waals surface area contributed by atoms with Gasteiger partial charge in [-0.3, -0.25) is 0 Å². The molecule has 0 unspecified atom stereocenters. The molecule has 106 valence electrons. The van der Waals surface area contributed by atoms with E-state index in [4.69, 9.17) is 9.88 Å². The van der Waals surface area contributed by atoms with Crippen molar-refractivity contribution >= 4 is 16.0 Å². The first-order chi connectivity index (χ1) is 8.77. The minimum Gasteiger partial charge on any atom is -0.462 e. The fraction of sp³-hybridized carbons (Fsp3) is 0.417. The number of nitrogens with two attached hydrogens (primary N) is 1. The van der Waals surface area contributed by atoms with E-state index in [1.807, 2.05) is 6.92 Å². The number of hydrogen-bond donors (Lipinski definition) is 1. The van der Waals surface area contributed by atoms with E-state index in [1.54, 1.807) is 0 Å². The lowest BCUT2D eigenvalue weighted by Crippen LogP contribution is -2.17. The molecule has 0 atom stereocenters. The molecule has 1 rings (SSSR count). The average Bonchev–Trinajstić information content (AvgIpc) is 2.30. The van der Waals surface area contributed by atoms with Crippen LogP contribution in [0.15, 0.2) is 17.0 Å². The van der Waals surface area contributed by atoms with Gasteiger partial charge in [0.15, 0.2) is 0 Å². The van der Waals surface area contributed by atoms with Gasteiger partial charge in [-0.2, -0.15) is 0 Å². The fourth-order valence-corrected chi connectivity index (χ4v) is 2.36. The number of unbranched alkanes of at least 4 members (excludes halogenated alkanes) is 1. The van der Waals surface area contributed by atoms with E-state index in [0.717, 1.165) is 18.6 Å². The number of primary sulfonamides is 1. The molecule has 0 saturated heterocycles. The van der Waals surface area contributed by atoms with Crippen molar-refractivity contribution in [2.45, 2.75) is 31.6 Å². The topological polar surface area (TPSA) is 86.5 Å². The van der Waals surface area contributed by atoms with Crippen molar-refractivity contribution < 1.29 is 22.3 Å². The predicted octanol–water partition coefficient (Wildman–Crippen LogP) is 1.74. The Kier molecular flexibility index (Phi) is 5.02. The third-order valence-corrected chi connectivity index (χ3v) is 3.62. The molecular weight excluding hydrogens is 273 g/mol. The maximum Gasteiger partial charge on any atom is 0.338 e. The first-order valence-corrected chi connectivity index (χ1v) is 7.32. The summed E-state index contributed by atoms with van der Waals surface area (Å²) in [6.07, 6.45) is 1.53. The molecule has 19 heavy (non-hydrogen) atoms. The minimum absolute atomic E-state index is 0.0883. The van der Waals surface area contributed by atoms with Crippen molar-refractivity contribution in [2.75, 3.05) is 6.61 Å². The number of rotatable bonds is 5. The van der Waals surface area contributed by atoms with Gasteiger partial charge in [0.25, 0.3) is 0 Å². The van der Waals surface area contributed by atoms with E-state index in [-0.39, 0.29) is 17.7 Å². The molecule has 1 aromatic rings. The first-order valence-electron chi connectivity index (χ1n) is 5.77. The highest BCUT2D eigenvalue weighted by atomic mass is 32.2. The van der Waals surface area contributed by atoms with Gasteiger partial charge in [0.1, 0.15) is 5.82 Å². The minimum atomic E-state index is -4.08. The zero-order chi connectivity index (χ0) is 14.6. The Hall–Kier alpha value is -1.47. The maximum absolute atomic E-state index is 13.4. The van der Waals surface area contributed by atoms with Crippen LogP contribution in [0.1, 0.15) is 35.7 Å². The maximum atomic E-state index is 13.4. The summed E-state index contributed by atoms with van der Waals surface area (Å²) in [6, 6.07) is 1.73. The Morgan fingerprint density at radius 1 is 1.42 bits per heavy atom. The number of esters is 1. The van der Waals surface area contributed by atoms with E-state index in [0.29, 0.717) is 6.42 Å². The van der Waals surface area contributed by atoms with Gasteiger partial charge < -0.3 is 4.74 Å². The van der Waals surface area contributed by atoms with Crippen LogP contribution >= 0.6 is 0 Å². The highest BCUT2D eigenvalue weighted by molar-refractivity contribution is 7.89. The molecule has 0 amide bonds. The smallest absolute Gasteiger partial charge is 0.338 e. The third kappa shape index (κ3) is 4.00. The van der Waals surface area contributed by atoms with Crippen LogP contribution in [0.25, 0.3) is 0 Å².